The second kappa shape index (κ2) is 11.5. The molecular weight excluding hydrogens is 318 g/mol. The van der Waals surface area contributed by atoms with Crippen LogP contribution in [0, 0.1) is 5.92 Å². The van der Waals surface area contributed by atoms with E-state index in [2.05, 4.69) is 24.5 Å². The topological polar surface area (TPSA) is 81.7 Å². The van der Waals surface area contributed by atoms with Crippen LogP contribution in [0.1, 0.15) is 32.3 Å². The van der Waals surface area contributed by atoms with E-state index in [1.165, 1.54) is 0 Å². The first kappa shape index (κ1) is 21.0. The van der Waals surface area contributed by atoms with Crippen molar-refractivity contribution in [3.8, 4) is 0 Å². The molecule has 0 saturated carbocycles. The second-order valence-corrected chi connectivity index (χ2v) is 6.53. The van der Waals surface area contributed by atoms with E-state index in [1.807, 2.05) is 30.3 Å². The van der Waals surface area contributed by atoms with E-state index in [0.29, 0.717) is 25.3 Å². The zero-order valence-corrected chi connectivity index (χ0v) is 15.5. The Hall–Kier alpha value is -2.08. The van der Waals surface area contributed by atoms with Crippen LogP contribution in [0.15, 0.2) is 30.3 Å². The van der Waals surface area contributed by atoms with Gasteiger partial charge in [-0.05, 0) is 30.7 Å². The number of carbonyl (C=O) groups is 2. The first-order valence-electron chi connectivity index (χ1n) is 8.89. The number of aliphatic hydroxyl groups excluding tert-OH is 1. The fourth-order valence-corrected chi connectivity index (χ4v) is 2.49. The summed E-state index contributed by atoms with van der Waals surface area (Å²) in [6.07, 6.45) is 2.07. The van der Waals surface area contributed by atoms with Gasteiger partial charge >= 0.3 is 6.03 Å². The highest BCUT2D eigenvalue weighted by atomic mass is 16.3. The molecule has 3 N–H and O–H groups in total. The van der Waals surface area contributed by atoms with Gasteiger partial charge in [0.15, 0.2) is 0 Å². The van der Waals surface area contributed by atoms with Crippen molar-refractivity contribution in [3.63, 3.8) is 0 Å². The number of likely N-dealkylation sites (N-methyl/N-ethyl adjacent to an activating group) is 1. The minimum Gasteiger partial charge on any atom is -0.395 e. The quantitative estimate of drug-likeness (QED) is 0.602. The van der Waals surface area contributed by atoms with Crippen molar-refractivity contribution in [2.45, 2.75) is 39.2 Å². The Morgan fingerprint density at radius 1 is 1.12 bits per heavy atom. The maximum absolute atomic E-state index is 12.5. The van der Waals surface area contributed by atoms with Crippen molar-refractivity contribution >= 4 is 11.9 Å². The summed E-state index contributed by atoms with van der Waals surface area (Å²) in [6, 6.07) is 8.96. The molecule has 0 aliphatic carbocycles. The Morgan fingerprint density at radius 2 is 1.80 bits per heavy atom. The lowest BCUT2D eigenvalue weighted by molar-refractivity contribution is -0.122. The van der Waals surface area contributed by atoms with E-state index >= 15 is 0 Å². The van der Waals surface area contributed by atoms with Gasteiger partial charge in [0.2, 0.25) is 5.91 Å². The number of nitrogens with one attached hydrogen (secondary N) is 2. The lowest BCUT2D eigenvalue weighted by atomic mass is 10.0. The zero-order valence-electron chi connectivity index (χ0n) is 15.5. The van der Waals surface area contributed by atoms with Crippen LogP contribution in [0.3, 0.4) is 0 Å². The highest BCUT2D eigenvalue weighted by molar-refractivity contribution is 5.86. The molecule has 140 valence electrons. The smallest absolute Gasteiger partial charge is 0.318 e. The van der Waals surface area contributed by atoms with Crippen LogP contribution in [0.25, 0.3) is 0 Å². The first-order chi connectivity index (χ1) is 12.0. The standard InChI is InChI=1S/C19H31N3O3/c1-15(2)11-12-22(13-14-23)19(25)21-17(18(24)20-3)10-9-16-7-5-4-6-8-16/h4-8,15,17,23H,9-14H2,1-3H3,(H,20,24)(H,21,25)/t17-/m0/s1. The zero-order chi connectivity index (χ0) is 18.7. The van der Waals surface area contributed by atoms with Crippen molar-refractivity contribution < 1.29 is 14.7 Å². The summed E-state index contributed by atoms with van der Waals surface area (Å²) in [6.45, 7) is 4.89. The molecular formula is C19H31N3O3. The predicted octanol–water partition coefficient (Wildman–Crippen LogP) is 1.78. The Kier molecular flexibility index (Phi) is 9.62. The van der Waals surface area contributed by atoms with Crippen molar-refractivity contribution in [2.75, 3.05) is 26.7 Å². The number of nitrogens with zero attached hydrogens (tertiary/aromatic N) is 1. The summed E-state index contributed by atoms with van der Waals surface area (Å²) in [5.74, 6) is 0.249. The summed E-state index contributed by atoms with van der Waals surface area (Å²) in [7, 11) is 1.56. The van der Waals surface area contributed by atoms with Crippen molar-refractivity contribution in [2.24, 2.45) is 5.92 Å². The molecule has 0 saturated heterocycles. The van der Waals surface area contributed by atoms with E-state index in [-0.39, 0.29) is 25.1 Å². The molecule has 1 rings (SSSR count). The molecule has 1 aromatic carbocycles. The molecule has 1 aromatic rings. The molecule has 6 nitrogen and oxygen atoms in total. The first-order valence-corrected chi connectivity index (χ1v) is 8.89. The highest BCUT2D eigenvalue weighted by Crippen LogP contribution is 2.07. The third-order valence-electron chi connectivity index (χ3n) is 4.06. The molecule has 0 unspecified atom stereocenters. The molecule has 0 bridgehead atoms. The van der Waals surface area contributed by atoms with E-state index in [1.54, 1.807) is 11.9 Å². The van der Waals surface area contributed by atoms with Gasteiger partial charge in [0.1, 0.15) is 6.04 Å². The van der Waals surface area contributed by atoms with Gasteiger partial charge in [0, 0.05) is 20.1 Å². The number of hydrogen-bond donors (Lipinski definition) is 3. The van der Waals surface area contributed by atoms with E-state index in [4.69, 9.17) is 0 Å². The molecule has 6 heteroatoms. The van der Waals surface area contributed by atoms with Crippen LogP contribution in [0.5, 0.6) is 0 Å². The van der Waals surface area contributed by atoms with Gasteiger partial charge in [0.05, 0.1) is 6.61 Å². The number of carbonyl (C=O) groups excluding carboxylic acids is 2. The van der Waals surface area contributed by atoms with Crippen LogP contribution in [0.4, 0.5) is 4.79 Å². The lowest BCUT2D eigenvalue weighted by Crippen LogP contribution is -2.51. The Bertz CT molecular complexity index is 520. The van der Waals surface area contributed by atoms with Gasteiger partial charge in [-0.15, -0.1) is 0 Å². The molecule has 3 amide bonds. The van der Waals surface area contributed by atoms with Crippen LogP contribution >= 0.6 is 0 Å². The van der Waals surface area contributed by atoms with Gasteiger partial charge in [-0.2, -0.15) is 0 Å². The Labute approximate surface area is 150 Å². The summed E-state index contributed by atoms with van der Waals surface area (Å²) in [5.41, 5.74) is 1.12. The van der Waals surface area contributed by atoms with Crippen LogP contribution in [-0.4, -0.2) is 54.7 Å². The van der Waals surface area contributed by atoms with Crippen LogP contribution in [-0.2, 0) is 11.2 Å². The molecule has 1 atom stereocenters. The molecule has 0 aromatic heterocycles. The molecule has 25 heavy (non-hydrogen) atoms. The molecule has 0 heterocycles. The number of urea groups is 1. The number of aryl methyl sites for hydroxylation is 1. The summed E-state index contributed by atoms with van der Waals surface area (Å²) < 4.78 is 0. The summed E-state index contributed by atoms with van der Waals surface area (Å²) in [5, 5.41) is 14.6. The lowest BCUT2D eigenvalue weighted by Gasteiger charge is -2.26. The number of benzene rings is 1. The van der Waals surface area contributed by atoms with Crippen LogP contribution in [0.2, 0.25) is 0 Å². The monoisotopic (exact) mass is 349 g/mol. The fraction of sp³-hybridized carbons (Fsp3) is 0.579. The van der Waals surface area contributed by atoms with Gasteiger partial charge in [-0.25, -0.2) is 4.79 Å². The fourth-order valence-electron chi connectivity index (χ4n) is 2.49. The third-order valence-corrected chi connectivity index (χ3v) is 4.06. The summed E-state index contributed by atoms with van der Waals surface area (Å²) >= 11 is 0. The van der Waals surface area contributed by atoms with Crippen molar-refractivity contribution in [1.29, 1.82) is 0 Å². The van der Waals surface area contributed by atoms with Gasteiger partial charge in [-0.1, -0.05) is 44.2 Å². The predicted molar refractivity (Wildman–Crippen MR) is 99.3 cm³/mol. The Balaban J connectivity index is 2.67. The second-order valence-electron chi connectivity index (χ2n) is 6.53. The third kappa shape index (κ3) is 8.03. The molecule has 0 radical (unpaired) electrons. The minimum atomic E-state index is -0.599. The highest BCUT2D eigenvalue weighted by Gasteiger charge is 2.22. The van der Waals surface area contributed by atoms with Gasteiger partial charge in [-0.3, -0.25) is 4.79 Å². The molecule has 0 fully saturated rings. The molecule has 0 spiro atoms. The van der Waals surface area contributed by atoms with E-state index < -0.39 is 6.04 Å². The van der Waals surface area contributed by atoms with Crippen LogP contribution < -0.4 is 10.6 Å². The molecule has 0 aliphatic rings. The van der Waals surface area contributed by atoms with Crippen molar-refractivity contribution in [3.05, 3.63) is 35.9 Å². The SMILES string of the molecule is CNC(=O)[C@H](CCc1ccccc1)NC(=O)N(CCO)CCC(C)C. The van der Waals surface area contributed by atoms with Gasteiger partial charge < -0.3 is 20.6 Å². The number of aliphatic hydroxyl groups is 1. The number of amides is 3. The summed E-state index contributed by atoms with van der Waals surface area (Å²) in [4.78, 5) is 26.2. The minimum absolute atomic E-state index is 0.0971. The normalized spacial score (nSPS) is 11.9. The number of rotatable bonds is 10. The largest absolute Gasteiger partial charge is 0.395 e. The average molecular weight is 349 g/mol. The Morgan fingerprint density at radius 3 is 2.36 bits per heavy atom. The van der Waals surface area contributed by atoms with Crippen molar-refractivity contribution in [1.82, 2.24) is 15.5 Å². The van der Waals surface area contributed by atoms with Gasteiger partial charge in [0.25, 0.3) is 0 Å². The van der Waals surface area contributed by atoms with E-state index in [0.717, 1.165) is 12.0 Å². The molecule has 0 aliphatic heterocycles. The average Bonchev–Trinajstić information content (AvgIpc) is 2.61. The van der Waals surface area contributed by atoms with E-state index in [9.17, 15) is 14.7 Å². The number of hydrogen-bond acceptors (Lipinski definition) is 3. The maximum Gasteiger partial charge on any atom is 0.318 e. The maximum atomic E-state index is 12.5.